The van der Waals surface area contributed by atoms with Crippen molar-refractivity contribution >= 4 is 6.03 Å². The summed E-state index contributed by atoms with van der Waals surface area (Å²) in [6.45, 7) is 4.81. The molecule has 3 rings (SSSR count). The first-order valence-electron chi connectivity index (χ1n) is 10.1. The molecule has 2 fully saturated rings. The third-order valence-electron chi connectivity index (χ3n) is 6.07. The average Bonchev–Trinajstić information content (AvgIpc) is 3.31. The van der Waals surface area contributed by atoms with Crippen molar-refractivity contribution in [1.82, 2.24) is 15.2 Å². The molecule has 1 heterocycles. The van der Waals surface area contributed by atoms with Gasteiger partial charge in [0.15, 0.2) is 0 Å². The van der Waals surface area contributed by atoms with Crippen LogP contribution in [0.4, 0.5) is 4.79 Å². The second-order valence-electron chi connectivity index (χ2n) is 8.15. The Morgan fingerprint density at radius 1 is 1.16 bits per heavy atom. The highest BCUT2D eigenvalue weighted by Gasteiger charge is 2.35. The summed E-state index contributed by atoms with van der Waals surface area (Å²) in [5.74, 6) is 1.36. The van der Waals surface area contributed by atoms with Crippen molar-refractivity contribution in [2.45, 2.75) is 83.8 Å². The van der Waals surface area contributed by atoms with Gasteiger partial charge in [-0.1, -0.05) is 31.7 Å². The number of nitrogens with one attached hydrogen (secondary N) is 1. The first-order chi connectivity index (χ1) is 12.1. The summed E-state index contributed by atoms with van der Waals surface area (Å²) in [7, 11) is 0. The first kappa shape index (κ1) is 18.2. The highest BCUT2D eigenvalue weighted by Crippen LogP contribution is 2.37. The van der Waals surface area contributed by atoms with Crippen LogP contribution in [0.25, 0.3) is 0 Å². The zero-order valence-electron chi connectivity index (χ0n) is 15.8. The van der Waals surface area contributed by atoms with E-state index < -0.39 is 0 Å². The number of rotatable bonds is 6. The summed E-state index contributed by atoms with van der Waals surface area (Å²) >= 11 is 0. The minimum Gasteiger partial charge on any atom is -0.335 e. The molecule has 0 radical (unpaired) electrons. The van der Waals surface area contributed by atoms with Gasteiger partial charge in [-0.05, 0) is 63.0 Å². The van der Waals surface area contributed by atoms with Crippen LogP contribution in [-0.2, 0) is 6.54 Å². The van der Waals surface area contributed by atoms with Crippen molar-refractivity contribution < 1.29 is 4.79 Å². The zero-order valence-corrected chi connectivity index (χ0v) is 15.8. The van der Waals surface area contributed by atoms with Gasteiger partial charge in [-0.25, -0.2) is 4.79 Å². The van der Waals surface area contributed by atoms with Crippen LogP contribution in [0.2, 0.25) is 0 Å². The summed E-state index contributed by atoms with van der Waals surface area (Å²) in [4.78, 5) is 19.2. The van der Waals surface area contributed by atoms with Crippen LogP contribution in [0.5, 0.6) is 0 Å². The second-order valence-corrected chi connectivity index (χ2v) is 8.15. The Morgan fingerprint density at radius 2 is 1.76 bits per heavy atom. The van der Waals surface area contributed by atoms with E-state index in [0.717, 1.165) is 5.56 Å². The summed E-state index contributed by atoms with van der Waals surface area (Å²) in [6, 6.07) is 4.62. The Labute approximate surface area is 152 Å². The van der Waals surface area contributed by atoms with Crippen LogP contribution in [0.1, 0.15) is 70.8 Å². The molecule has 4 nitrogen and oxygen atoms in total. The molecular formula is C21H33N3O. The zero-order chi connectivity index (χ0) is 17.6. The average molecular weight is 344 g/mol. The Balaban J connectivity index is 1.68. The molecule has 4 heteroatoms. The largest absolute Gasteiger partial charge is 0.335 e. The monoisotopic (exact) mass is 343 g/mol. The molecule has 138 valence electrons. The first-order valence-corrected chi connectivity index (χ1v) is 10.1. The van der Waals surface area contributed by atoms with E-state index in [0.29, 0.717) is 24.4 Å². The number of nitrogens with zero attached hydrogens (tertiary/aromatic N) is 2. The number of pyridine rings is 1. The lowest BCUT2D eigenvalue weighted by Gasteiger charge is -2.34. The number of hydrogen-bond acceptors (Lipinski definition) is 2. The normalized spacial score (nSPS) is 19.0. The molecule has 2 amide bonds. The smallest absolute Gasteiger partial charge is 0.318 e. The molecule has 2 saturated carbocycles. The number of hydrogen-bond donors (Lipinski definition) is 1. The lowest BCUT2D eigenvalue weighted by molar-refractivity contribution is 0.162. The van der Waals surface area contributed by atoms with Crippen molar-refractivity contribution in [3.63, 3.8) is 0 Å². The number of carbonyl (C=O) groups excluding carboxylic acids is 1. The van der Waals surface area contributed by atoms with Gasteiger partial charge in [0.2, 0.25) is 0 Å². The van der Waals surface area contributed by atoms with Gasteiger partial charge in [0.1, 0.15) is 0 Å². The molecule has 0 aromatic carbocycles. The van der Waals surface area contributed by atoms with Gasteiger partial charge in [-0.3, -0.25) is 4.98 Å². The van der Waals surface area contributed by atoms with Crippen LogP contribution in [0.3, 0.4) is 0 Å². The summed E-state index contributed by atoms with van der Waals surface area (Å²) in [5.41, 5.74) is 1.09. The molecule has 1 aromatic rings. The van der Waals surface area contributed by atoms with Crippen molar-refractivity contribution in [1.29, 1.82) is 0 Å². The van der Waals surface area contributed by atoms with Gasteiger partial charge in [0.05, 0.1) is 0 Å². The molecule has 2 aliphatic carbocycles. The number of amides is 2. The Kier molecular flexibility index (Phi) is 6.33. The fourth-order valence-corrected chi connectivity index (χ4v) is 4.66. The minimum atomic E-state index is 0.0997. The van der Waals surface area contributed by atoms with Gasteiger partial charge >= 0.3 is 6.03 Å². The topological polar surface area (TPSA) is 45.2 Å². The predicted molar refractivity (Wildman–Crippen MR) is 101 cm³/mol. The van der Waals surface area contributed by atoms with E-state index in [1.807, 2.05) is 23.2 Å². The van der Waals surface area contributed by atoms with Gasteiger partial charge < -0.3 is 10.2 Å². The molecule has 1 aromatic heterocycles. The van der Waals surface area contributed by atoms with Crippen LogP contribution in [-0.4, -0.2) is 28.0 Å². The summed E-state index contributed by atoms with van der Waals surface area (Å²) < 4.78 is 0. The molecule has 0 saturated heterocycles. The lowest BCUT2D eigenvalue weighted by atomic mass is 9.86. The maximum Gasteiger partial charge on any atom is 0.318 e. The fourth-order valence-electron chi connectivity index (χ4n) is 4.66. The quantitative estimate of drug-likeness (QED) is 0.810. The van der Waals surface area contributed by atoms with Gasteiger partial charge in [0, 0.05) is 31.0 Å². The summed E-state index contributed by atoms with van der Waals surface area (Å²) in [6.07, 6.45) is 14.1. The summed E-state index contributed by atoms with van der Waals surface area (Å²) in [5, 5.41) is 3.47. The van der Waals surface area contributed by atoms with Gasteiger partial charge in [0.25, 0.3) is 0 Å². The number of carbonyl (C=O) groups is 1. The van der Waals surface area contributed by atoms with E-state index in [9.17, 15) is 4.79 Å². The Morgan fingerprint density at radius 3 is 2.24 bits per heavy atom. The lowest BCUT2D eigenvalue weighted by Crippen LogP contribution is -2.51. The van der Waals surface area contributed by atoms with Gasteiger partial charge in [-0.2, -0.15) is 0 Å². The third-order valence-corrected chi connectivity index (χ3v) is 6.07. The Bertz CT molecular complexity index is 517. The van der Waals surface area contributed by atoms with E-state index in [1.54, 1.807) is 6.20 Å². The number of urea groups is 1. The van der Waals surface area contributed by atoms with Gasteiger partial charge in [-0.15, -0.1) is 0 Å². The minimum absolute atomic E-state index is 0.0997. The molecule has 1 N–H and O–H groups in total. The maximum atomic E-state index is 13.1. The second kappa shape index (κ2) is 8.68. The van der Waals surface area contributed by atoms with E-state index in [1.165, 1.54) is 51.4 Å². The third kappa shape index (κ3) is 4.74. The molecule has 0 aliphatic heterocycles. The van der Waals surface area contributed by atoms with Crippen molar-refractivity contribution in [3.05, 3.63) is 30.1 Å². The fraction of sp³-hybridized carbons (Fsp3) is 0.714. The Hall–Kier alpha value is -1.58. The highest BCUT2D eigenvalue weighted by molar-refractivity contribution is 5.75. The van der Waals surface area contributed by atoms with Crippen LogP contribution in [0, 0.1) is 11.8 Å². The molecule has 0 atom stereocenters. The van der Waals surface area contributed by atoms with E-state index in [4.69, 9.17) is 0 Å². The standard InChI is InChI=1S/C21H33N3O/c1-16(2)24(15-17-8-7-13-22-14-17)21(25)23-20(18-9-3-4-10-18)19-11-5-6-12-19/h7-8,13-14,16,18-20H,3-6,9-12,15H2,1-2H3,(H,23,25). The predicted octanol–water partition coefficient (Wildman–Crippen LogP) is 4.75. The van der Waals surface area contributed by atoms with Crippen molar-refractivity contribution in [2.24, 2.45) is 11.8 Å². The molecule has 0 spiro atoms. The molecule has 2 aliphatic rings. The highest BCUT2D eigenvalue weighted by atomic mass is 16.2. The van der Waals surface area contributed by atoms with Crippen molar-refractivity contribution in [3.8, 4) is 0 Å². The number of aromatic nitrogens is 1. The van der Waals surface area contributed by atoms with Crippen LogP contribution in [0.15, 0.2) is 24.5 Å². The van der Waals surface area contributed by atoms with E-state index in [-0.39, 0.29) is 12.1 Å². The van der Waals surface area contributed by atoms with E-state index in [2.05, 4.69) is 24.1 Å². The van der Waals surface area contributed by atoms with Crippen LogP contribution >= 0.6 is 0 Å². The van der Waals surface area contributed by atoms with E-state index >= 15 is 0 Å². The SMILES string of the molecule is CC(C)N(Cc1cccnc1)C(=O)NC(C1CCCC1)C1CCCC1. The molecule has 0 unspecified atom stereocenters. The molecule has 25 heavy (non-hydrogen) atoms. The van der Waals surface area contributed by atoms with Crippen LogP contribution < -0.4 is 5.32 Å². The molecule has 0 bridgehead atoms. The maximum absolute atomic E-state index is 13.1. The van der Waals surface area contributed by atoms with Crippen molar-refractivity contribution in [2.75, 3.05) is 0 Å². The molecular weight excluding hydrogens is 310 g/mol.